The SMILES string of the molecule is COCc1nc(N(C)C)sc1C(C)N. The summed E-state index contributed by atoms with van der Waals surface area (Å²) in [6.07, 6.45) is 0. The number of thiazole rings is 1. The Balaban J connectivity index is 2.99. The topological polar surface area (TPSA) is 51.4 Å². The van der Waals surface area contributed by atoms with Crippen LogP contribution in [0.3, 0.4) is 0 Å². The highest BCUT2D eigenvalue weighted by Gasteiger charge is 2.14. The molecule has 1 atom stereocenters. The highest BCUT2D eigenvalue weighted by atomic mass is 32.1. The van der Waals surface area contributed by atoms with E-state index >= 15 is 0 Å². The van der Waals surface area contributed by atoms with Crippen LogP contribution in [0.2, 0.25) is 0 Å². The van der Waals surface area contributed by atoms with Crippen molar-refractivity contribution in [3.63, 3.8) is 0 Å². The first-order chi connectivity index (χ1) is 6.56. The summed E-state index contributed by atoms with van der Waals surface area (Å²) in [5.74, 6) is 0. The minimum absolute atomic E-state index is 0.0198. The second kappa shape index (κ2) is 4.72. The molecule has 1 unspecified atom stereocenters. The zero-order valence-corrected chi connectivity index (χ0v) is 9.89. The third-order valence-electron chi connectivity index (χ3n) is 1.79. The second-order valence-corrected chi connectivity index (χ2v) is 4.43. The van der Waals surface area contributed by atoms with E-state index in [-0.39, 0.29) is 6.04 Å². The van der Waals surface area contributed by atoms with Crippen LogP contribution >= 0.6 is 11.3 Å². The van der Waals surface area contributed by atoms with Crippen molar-refractivity contribution in [2.45, 2.75) is 19.6 Å². The standard InChI is InChI=1S/C9H17N3OS/c1-6(10)8-7(5-13-4)11-9(14-8)12(2)3/h6H,5,10H2,1-4H3. The summed E-state index contributed by atoms with van der Waals surface area (Å²) in [5, 5.41) is 0.976. The molecular weight excluding hydrogens is 198 g/mol. The van der Waals surface area contributed by atoms with Crippen molar-refractivity contribution in [2.75, 3.05) is 26.1 Å². The van der Waals surface area contributed by atoms with E-state index in [1.807, 2.05) is 25.9 Å². The highest BCUT2D eigenvalue weighted by Crippen LogP contribution is 2.29. The van der Waals surface area contributed by atoms with Crippen LogP contribution in [-0.4, -0.2) is 26.2 Å². The molecule has 0 aliphatic rings. The van der Waals surface area contributed by atoms with Crippen LogP contribution in [-0.2, 0) is 11.3 Å². The van der Waals surface area contributed by atoms with Gasteiger partial charge in [-0.05, 0) is 6.92 Å². The van der Waals surface area contributed by atoms with Gasteiger partial charge < -0.3 is 15.4 Å². The summed E-state index contributed by atoms with van der Waals surface area (Å²) >= 11 is 1.63. The average molecular weight is 215 g/mol. The molecular formula is C9H17N3OS. The largest absolute Gasteiger partial charge is 0.378 e. The molecule has 4 nitrogen and oxygen atoms in total. The molecule has 2 N–H and O–H groups in total. The number of rotatable bonds is 4. The fourth-order valence-corrected chi connectivity index (χ4v) is 2.08. The number of ether oxygens (including phenoxy) is 1. The minimum atomic E-state index is 0.0198. The molecule has 0 saturated heterocycles. The lowest BCUT2D eigenvalue weighted by Crippen LogP contribution is -2.08. The van der Waals surface area contributed by atoms with Gasteiger partial charge in [0.25, 0.3) is 0 Å². The maximum Gasteiger partial charge on any atom is 0.185 e. The molecule has 0 spiro atoms. The van der Waals surface area contributed by atoms with E-state index in [1.54, 1.807) is 18.4 Å². The number of methoxy groups -OCH3 is 1. The van der Waals surface area contributed by atoms with Gasteiger partial charge in [-0.1, -0.05) is 11.3 Å². The Kier molecular flexibility index (Phi) is 3.86. The number of anilines is 1. The normalized spacial score (nSPS) is 12.9. The smallest absolute Gasteiger partial charge is 0.185 e. The van der Waals surface area contributed by atoms with E-state index in [0.29, 0.717) is 6.61 Å². The van der Waals surface area contributed by atoms with Crippen LogP contribution in [0.1, 0.15) is 23.5 Å². The summed E-state index contributed by atoms with van der Waals surface area (Å²) in [6, 6.07) is 0.0198. The van der Waals surface area contributed by atoms with E-state index in [0.717, 1.165) is 15.7 Å². The van der Waals surface area contributed by atoms with Crippen molar-refractivity contribution >= 4 is 16.5 Å². The first kappa shape index (κ1) is 11.4. The summed E-state index contributed by atoms with van der Waals surface area (Å²) in [5.41, 5.74) is 6.81. The summed E-state index contributed by atoms with van der Waals surface area (Å²) in [4.78, 5) is 7.55. The number of nitrogens with zero attached hydrogens (tertiary/aromatic N) is 2. The molecule has 5 heteroatoms. The van der Waals surface area contributed by atoms with Gasteiger partial charge >= 0.3 is 0 Å². The molecule has 0 aliphatic carbocycles. The van der Waals surface area contributed by atoms with E-state index in [2.05, 4.69) is 4.98 Å². The van der Waals surface area contributed by atoms with Gasteiger partial charge in [0.1, 0.15) is 0 Å². The molecule has 0 saturated carbocycles. The Hall–Kier alpha value is -0.650. The van der Waals surface area contributed by atoms with Gasteiger partial charge in [0.15, 0.2) is 5.13 Å². The highest BCUT2D eigenvalue weighted by molar-refractivity contribution is 7.15. The zero-order chi connectivity index (χ0) is 10.7. The molecule has 0 radical (unpaired) electrons. The van der Waals surface area contributed by atoms with Crippen LogP contribution in [0, 0.1) is 0 Å². The molecule has 0 fully saturated rings. The number of aromatic nitrogens is 1. The average Bonchev–Trinajstić information content (AvgIpc) is 2.49. The van der Waals surface area contributed by atoms with Gasteiger partial charge in [-0.15, -0.1) is 0 Å². The Labute approximate surface area is 88.7 Å². The monoisotopic (exact) mass is 215 g/mol. The Morgan fingerprint density at radius 3 is 2.64 bits per heavy atom. The van der Waals surface area contributed by atoms with Gasteiger partial charge in [-0.25, -0.2) is 4.98 Å². The van der Waals surface area contributed by atoms with E-state index in [4.69, 9.17) is 10.5 Å². The van der Waals surface area contributed by atoms with Crippen molar-refractivity contribution in [1.29, 1.82) is 0 Å². The maximum absolute atomic E-state index is 5.85. The van der Waals surface area contributed by atoms with Gasteiger partial charge in [0.05, 0.1) is 12.3 Å². The Bertz CT molecular complexity index is 296. The molecule has 1 aromatic rings. The molecule has 80 valence electrons. The van der Waals surface area contributed by atoms with Gasteiger partial charge in [0.2, 0.25) is 0 Å². The van der Waals surface area contributed by atoms with Crippen molar-refractivity contribution in [1.82, 2.24) is 4.98 Å². The van der Waals surface area contributed by atoms with E-state index in [9.17, 15) is 0 Å². The van der Waals surface area contributed by atoms with Gasteiger partial charge in [0, 0.05) is 32.1 Å². The predicted octanol–water partition coefficient (Wildman–Crippen LogP) is 1.38. The lowest BCUT2D eigenvalue weighted by Gasteiger charge is -2.05. The van der Waals surface area contributed by atoms with Crippen LogP contribution in [0.25, 0.3) is 0 Å². The molecule has 0 aliphatic heterocycles. The molecule has 14 heavy (non-hydrogen) atoms. The summed E-state index contributed by atoms with van der Waals surface area (Å²) in [6.45, 7) is 2.49. The number of hydrogen-bond acceptors (Lipinski definition) is 5. The van der Waals surface area contributed by atoms with E-state index in [1.165, 1.54) is 0 Å². The van der Waals surface area contributed by atoms with Crippen LogP contribution in [0.4, 0.5) is 5.13 Å². The zero-order valence-electron chi connectivity index (χ0n) is 9.07. The minimum Gasteiger partial charge on any atom is -0.378 e. The fourth-order valence-electron chi connectivity index (χ4n) is 1.14. The summed E-state index contributed by atoms with van der Waals surface area (Å²) in [7, 11) is 5.61. The number of nitrogens with two attached hydrogens (primary N) is 1. The fraction of sp³-hybridized carbons (Fsp3) is 0.667. The van der Waals surface area contributed by atoms with Gasteiger partial charge in [-0.3, -0.25) is 0 Å². The first-order valence-electron chi connectivity index (χ1n) is 4.47. The van der Waals surface area contributed by atoms with Crippen LogP contribution < -0.4 is 10.6 Å². The molecule has 1 rings (SSSR count). The van der Waals surface area contributed by atoms with Crippen molar-refractivity contribution < 1.29 is 4.74 Å². The number of hydrogen-bond donors (Lipinski definition) is 1. The molecule has 0 aromatic carbocycles. The third-order valence-corrected chi connectivity index (χ3v) is 3.26. The lowest BCUT2D eigenvalue weighted by atomic mass is 10.2. The van der Waals surface area contributed by atoms with Crippen molar-refractivity contribution in [2.24, 2.45) is 5.73 Å². The Morgan fingerprint density at radius 1 is 1.57 bits per heavy atom. The molecule has 1 heterocycles. The first-order valence-corrected chi connectivity index (χ1v) is 5.29. The second-order valence-electron chi connectivity index (χ2n) is 3.42. The van der Waals surface area contributed by atoms with Crippen LogP contribution in [0.5, 0.6) is 0 Å². The maximum atomic E-state index is 5.85. The van der Waals surface area contributed by atoms with E-state index < -0.39 is 0 Å². The van der Waals surface area contributed by atoms with Crippen molar-refractivity contribution in [3.05, 3.63) is 10.6 Å². The Morgan fingerprint density at radius 2 is 2.21 bits per heavy atom. The van der Waals surface area contributed by atoms with Crippen molar-refractivity contribution in [3.8, 4) is 0 Å². The lowest BCUT2D eigenvalue weighted by molar-refractivity contribution is 0.181. The van der Waals surface area contributed by atoms with Gasteiger partial charge in [-0.2, -0.15) is 0 Å². The molecule has 0 bridgehead atoms. The van der Waals surface area contributed by atoms with Crippen LogP contribution in [0.15, 0.2) is 0 Å². The molecule has 0 amide bonds. The predicted molar refractivity (Wildman–Crippen MR) is 59.8 cm³/mol. The quantitative estimate of drug-likeness (QED) is 0.824. The summed E-state index contributed by atoms with van der Waals surface area (Å²) < 4.78 is 5.08. The third kappa shape index (κ3) is 2.43. The molecule has 1 aromatic heterocycles.